The SMILES string of the molecule is CCCC(NC(=O)[C@@H]1C[C@@H](OCc2ccccc2)CN1C(=O)[C@H](CCCC(=O)OC(C)(C)C)NC(=O)c1c(F)c(F)c(F)c(F)c1C(=O)O)C(=O)C(=O)NCC(=O)N[C@H](C(N)=O)c1ccccc1. The van der Waals surface area contributed by atoms with Gasteiger partial charge in [-0.3, -0.25) is 38.4 Å². The van der Waals surface area contributed by atoms with Crippen molar-refractivity contribution in [3.05, 3.63) is 106 Å². The number of ether oxygens (including phenoxy) is 2. The third-order valence-corrected chi connectivity index (χ3v) is 10.3. The molecule has 1 unspecified atom stereocenters. The number of rotatable bonds is 22. The van der Waals surface area contributed by atoms with Crippen molar-refractivity contribution >= 4 is 53.2 Å². The molecule has 0 spiro atoms. The van der Waals surface area contributed by atoms with Gasteiger partial charge in [0.1, 0.15) is 29.3 Å². The summed E-state index contributed by atoms with van der Waals surface area (Å²) in [6.45, 7) is 5.20. The summed E-state index contributed by atoms with van der Waals surface area (Å²) in [5.41, 5.74) is 1.88. The Kier molecular flexibility index (Phi) is 18.8. The second kappa shape index (κ2) is 24.0. The Labute approximate surface area is 387 Å². The molecule has 3 aromatic rings. The summed E-state index contributed by atoms with van der Waals surface area (Å²) in [5.74, 6) is -21.2. The van der Waals surface area contributed by atoms with Crippen molar-refractivity contribution < 1.29 is 75.3 Å². The smallest absolute Gasteiger partial charge is 0.339 e. The number of likely N-dealkylation sites (tertiary alicyclic amines) is 1. The first kappa shape index (κ1) is 53.4. The van der Waals surface area contributed by atoms with Crippen LogP contribution in [-0.4, -0.2) is 106 Å². The van der Waals surface area contributed by atoms with Crippen molar-refractivity contribution in [3.8, 4) is 0 Å². The molecule has 6 amide bonds. The summed E-state index contributed by atoms with van der Waals surface area (Å²) >= 11 is 0. The fraction of sp³-hybridized carbons (Fsp3) is 0.413. The molecule has 18 nitrogen and oxygen atoms in total. The summed E-state index contributed by atoms with van der Waals surface area (Å²) in [5, 5.41) is 18.6. The van der Waals surface area contributed by atoms with E-state index in [2.05, 4.69) is 16.0 Å². The van der Waals surface area contributed by atoms with E-state index in [-0.39, 0.29) is 45.3 Å². The Bertz CT molecular complexity index is 2390. The number of amides is 6. The van der Waals surface area contributed by atoms with Gasteiger partial charge in [-0.1, -0.05) is 74.0 Å². The van der Waals surface area contributed by atoms with Crippen molar-refractivity contribution in [2.75, 3.05) is 13.1 Å². The third kappa shape index (κ3) is 14.4. The maximum atomic E-state index is 15.1. The van der Waals surface area contributed by atoms with E-state index in [0.29, 0.717) is 11.1 Å². The molecule has 22 heteroatoms. The summed E-state index contributed by atoms with van der Waals surface area (Å²) < 4.78 is 69.8. The first-order valence-corrected chi connectivity index (χ1v) is 21.4. The van der Waals surface area contributed by atoms with Crippen LogP contribution in [0.15, 0.2) is 60.7 Å². The highest BCUT2D eigenvalue weighted by molar-refractivity contribution is 6.38. The molecule has 0 bridgehead atoms. The zero-order chi connectivity index (χ0) is 50.5. The fourth-order valence-corrected chi connectivity index (χ4v) is 7.18. The first-order chi connectivity index (χ1) is 32.0. The van der Waals surface area contributed by atoms with Gasteiger partial charge >= 0.3 is 11.9 Å². The number of carbonyl (C=O) groups is 9. The fourth-order valence-electron chi connectivity index (χ4n) is 7.18. The zero-order valence-electron chi connectivity index (χ0n) is 37.5. The molecule has 68 heavy (non-hydrogen) atoms. The molecule has 1 saturated heterocycles. The summed E-state index contributed by atoms with van der Waals surface area (Å²) in [4.78, 5) is 119. The van der Waals surface area contributed by atoms with Crippen molar-refractivity contribution in [2.24, 2.45) is 5.73 Å². The number of nitrogens with two attached hydrogens (primary N) is 1. The molecule has 4 rings (SSSR count). The normalized spacial score (nSPS) is 15.9. The van der Waals surface area contributed by atoms with Crippen molar-refractivity contribution in [2.45, 2.75) is 109 Å². The van der Waals surface area contributed by atoms with E-state index < -0.39 is 136 Å². The predicted octanol–water partition coefficient (Wildman–Crippen LogP) is 3.05. The molecule has 0 radical (unpaired) electrons. The van der Waals surface area contributed by atoms with Gasteiger partial charge in [-0.15, -0.1) is 0 Å². The van der Waals surface area contributed by atoms with Gasteiger partial charge in [0.2, 0.25) is 29.4 Å². The molecule has 0 saturated carbocycles. The Balaban J connectivity index is 1.62. The molecule has 0 aromatic heterocycles. The quantitative estimate of drug-likeness (QED) is 0.0279. The Morgan fingerprint density at radius 2 is 1.41 bits per heavy atom. The molecule has 1 heterocycles. The lowest BCUT2D eigenvalue weighted by atomic mass is 10.0. The van der Waals surface area contributed by atoms with Gasteiger partial charge in [-0.25, -0.2) is 22.4 Å². The second-order valence-corrected chi connectivity index (χ2v) is 16.7. The minimum absolute atomic E-state index is 0.0207. The molecule has 3 aromatic carbocycles. The maximum absolute atomic E-state index is 15.1. The van der Waals surface area contributed by atoms with Gasteiger partial charge in [-0.05, 0) is 51.2 Å². The van der Waals surface area contributed by atoms with E-state index in [9.17, 15) is 61.4 Å². The Morgan fingerprint density at radius 1 is 0.809 bits per heavy atom. The van der Waals surface area contributed by atoms with E-state index in [0.717, 1.165) is 4.90 Å². The van der Waals surface area contributed by atoms with Crippen molar-refractivity contribution in [1.82, 2.24) is 26.2 Å². The number of primary amides is 1. The lowest BCUT2D eigenvalue weighted by Crippen LogP contribution is -2.56. The van der Waals surface area contributed by atoms with Crippen LogP contribution in [0.5, 0.6) is 0 Å². The number of Topliss-reactive ketones (excluding diaryl/α,β-unsaturated/α-hetero) is 1. The standard InChI is InChI=1S/C46H52F4N6O12/c1-5-13-27(39(59)43(63)52-21-30(57)55-38(40(51)60)25-16-10-7-11-17-25)53-41(61)29-20-26(67-23-24-14-8-6-9-15-24)22-56(29)44(64)28(18-12-19-31(58)68-46(2,3)4)54-42(62)32-33(45(65)66)35(48)37(50)36(49)34(32)47/h6-11,14-17,26-29,38H,5,12-13,18-23H2,1-4H3,(H2,51,60)(H,52,63)(H,53,61)(H,54,62)(H,55,57)(H,65,66)/t26-,27?,28+,29+,38+/m1/s1. The summed E-state index contributed by atoms with van der Waals surface area (Å²) in [6, 6.07) is 10.4. The Hall–Kier alpha value is -7.23. The van der Waals surface area contributed by atoms with Crippen LogP contribution in [0.4, 0.5) is 17.6 Å². The number of ketones is 1. The monoisotopic (exact) mass is 956 g/mol. The lowest BCUT2D eigenvalue weighted by molar-refractivity contribution is -0.155. The van der Waals surface area contributed by atoms with Crippen LogP contribution in [0.1, 0.15) is 104 Å². The maximum Gasteiger partial charge on any atom is 0.339 e. The zero-order valence-corrected chi connectivity index (χ0v) is 37.5. The number of carbonyl (C=O) groups excluding carboxylic acids is 8. The summed E-state index contributed by atoms with van der Waals surface area (Å²) in [7, 11) is 0. The van der Waals surface area contributed by atoms with Crippen LogP contribution < -0.4 is 27.0 Å². The first-order valence-electron chi connectivity index (χ1n) is 21.4. The second-order valence-electron chi connectivity index (χ2n) is 16.7. The predicted molar refractivity (Wildman–Crippen MR) is 231 cm³/mol. The number of carboxylic acid groups (broad SMARTS) is 1. The highest BCUT2D eigenvalue weighted by Gasteiger charge is 2.44. The van der Waals surface area contributed by atoms with Gasteiger partial charge in [0.15, 0.2) is 23.3 Å². The van der Waals surface area contributed by atoms with E-state index in [1.54, 1.807) is 76.2 Å². The number of aromatic carboxylic acids is 1. The van der Waals surface area contributed by atoms with Crippen LogP contribution in [0, 0.1) is 23.3 Å². The molecule has 5 atom stereocenters. The molecular formula is C46H52F4N6O12. The van der Waals surface area contributed by atoms with Gasteiger partial charge in [0.25, 0.3) is 11.8 Å². The van der Waals surface area contributed by atoms with Crippen LogP contribution >= 0.6 is 0 Å². The van der Waals surface area contributed by atoms with Crippen LogP contribution in [0.25, 0.3) is 0 Å². The average Bonchev–Trinajstić information content (AvgIpc) is 3.73. The van der Waals surface area contributed by atoms with E-state index in [4.69, 9.17) is 15.2 Å². The number of esters is 1. The van der Waals surface area contributed by atoms with E-state index in [1.807, 2.05) is 5.32 Å². The number of hydrogen-bond donors (Lipinski definition) is 6. The van der Waals surface area contributed by atoms with E-state index in [1.165, 1.54) is 12.1 Å². The molecule has 1 aliphatic heterocycles. The number of nitrogens with one attached hydrogen (secondary N) is 4. The van der Waals surface area contributed by atoms with Gasteiger partial charge < -0.3 is 46.5 Å². The Morgan fingerprint density at radius 3 is 1.99 bits per heavy atom. The molecule has 1 aliphatic rings. The minimum Gasteiger partial charge on any atom is -0.478 e. The topological polar surface area (TPSA) is 270 Å². The highest BCUT2D eigenvalue weighted by Crippen LogP contribution is 2.27. The third-order valence-electron chi connectivity index (χ3n) is 10.3. The number of hydrogen-bond acceptors (Lipinski definition) is 11. The molecule has 366 valence electrons. The number of halogens is 4. The molecular weight excluding hydrogens is 905 g/mol. The lowest BCUT2D eigenvalue weighted by Gasteiger charge is -2.30. The number of carboxylic acids is 1. The average molecular weight is 957 g/mol. The molecule has 7 N–H and O–H groups in total. The summed E-state index contributed by atoms with van der Waals surface area (Å²) in [6.07, 6.45) is -2.20. The van der Waals surface area contributed by atoms with Gasteiger partial charge in [-0.2, -0.15) is 0 Å². The van der Waals surface area contributed by atoms with Crippen molar-refractivity contribution in [3.63, 3.8) is 0 Å². The van der Waals surface area contributed by atoms with Crippen LogP contribution in [0.2, 0.25) is 0 Å². The molecule has 0 aliphatic carbocycles. The van der Waals surface area contributed by atoms with E-state index >= 15 is 4.39 Å². The minimum atomic E-state index is -2.52. The van der Waals surface area contributed by atoms with Crippen molar-refractivity contribution in [1.29, 1.82) is 0 Å². The largest absolute Gasteiger partial charge is 0.478 e. The highest BCUT2D eigenvalue weighted by atomic mass is 19.2. The van der Waals surface area contributed by atoms with Gasteiger partial charge in [0.05, 0.1) is 30.9 Å². The van der Waals surface area contributed by atoms with Crippen LogP contribution in [-0.2, 0) is 49.6 Å². The number of benzene rings is 3. The van der Waals surface area contributed by atoms with Gasteiger partial charge in [0, 0.05) is 19.4 Å². The van der Waals surface area contributed by atoms with Crippen LogP contribution in [0.3, 0.4) is 0 Å². The molecule has 1 fully saturated rings. The number of nitrogens with zero attached hydrogens (tertiary/aromatic N) is 1.